The third-order valence-electron chi connectivity index (χ3n) is 3.47. The molecule has 1 fully saturated rings. The molecule has 0 aromatic heterocycles. The Kier molecular flexibility index (Phi) is 4.25. The molecule has 0 amide bonds. The summed E-state index contributed by atoms with van der Waals surface area (Å²) in [6, 6.07) is 5.36. The van der Waals surface area contributed by atoms with Gasteiger partial charge in [-0.15, -0.1) is 0 Å². The van der Waals surface area contributed by atoms with Crippen molar-refractivity contribution in [3.8, 4) is 6.07 Å². The minimum Gasteiger partial charge on any atom is -0.207 e. The molecule has 1 aromatic carbocycles. The predicted molar refractivity (Wildman–Crippen MR) is 68.5 cm³/mol. The lowest BCUT2D eigenvalue weighted by molar-refractivity contribution is -0.139. The molecule has 2 rings (SSSR count). The highest BCUT2D eigenvalue weighted by atomic mass is 32.2. The first kappa shape index (κ1) is 15.8. The van der Waals surface area contributed by atoms with Crippen LogP contribution in [-0.4, -0.2) is 14.5 Å². The lowest BCUT2D eigenvalue weighted by atomic mass is 10.1. The molecule has 21 heavy (non-hydrogen) atoms. The first-order chi connectivity index (χ1) is 9.75. The van der Waals surface area contributed by atoms with Gasteiger partial charge >= 0.3 is 6.18 Å². The third kappa shape index (κ3) is 3.36. The number of sulfonamides is 1. The number of halogens is 3. The van der Waals surface area contributed by atoms with Crippen molar-refractivity contribution in [2.75, 3.05) is 0 Å². The highest BCUT2D eigenvalue weighted by Crippen LogP contribution is 2.34. The molecule has 0 aliphatic heterocycles. The Morgan fingerprint density at radius 2 is 1.90 bits per heavy atom. The molecule has 0 spiro atoms. The Hall–Kier alpha value is -1.59. The van der Waals surface area contributed by atoms with Crippen molar-refractivity contribution in [3.05, 3.63) is 29.8 Å². The van der Waals surface area contributed by atoms with Crippen LogP contribution in [0.2, 0.25) is 0 Å². The number of hydrogen-bond acceptors (Lipinski definition) is 3. The number of rotatable bonds is 3. The summed E-state index contributed by atoms with van der Waals surface area (Å²) in [7, 11) is -4.32. The predicted octanol–water partition coefficient (Wildman–Crippen LogP) is 2.68. The molecular formula is C13H13F3N2O2S. The van der Waals surface area contributed by atoms with Crippen molar-refractivity contribution in [1.29, 1.82) is 5.26 Å². The summed E-state index contributed by atoms with van der Waals surface area (Å²) >= 11 is 0. The standard InChI is InChI=1S/C13H13F3N2O2S/c14-13(15,16)10-5-1-2-7-12(10)21(19,20)18-11-6-3-4-9(11)8-17/h1-2,5,7,9,11,18H,3-4,6H2. The van der Waals surface area contributed by atoms with Gasteiger partial charge in [-0.25, -0.2) is 13.1 Å². The van der Waals surface area contributed by atoms with Crippen LogP contribution in [0.1, 0.15) is 24.8 Å². The first-order valence-electron chi connectivity index (χ1n) is 6.34. The second-order valence-corrected chi connectivity index (χ2v) is 6.57. The van der Waals surface area contributed by atoms with Crippen LogP contribution in [0.15, 0.2) is 29.2 Å². The molecule has 2 atom stereocenters. The quantitative estimate of drug-likeness (QED) is 0.931. The summed E-state index contributed by atoms with van der Waals surface area (Å²) in [5.41, 5.74) is -1.20. The average molecular weight is 318 g/mol. The van der Waals surface area contributed by atoms with Crippen LogP contribution in [-0.2, 0) is 16.2 Å². The second kappa shape index (κ2) is 5.66. The Morgan fingerprint density at radius 3 is 2.52 bits per heavy atom. The van der Waals surface area contributed by atoms with E-state index < -0.39 is 38.6 Å². The lowest BCUT2D eigenvalue weighted by Crippen LogP contribution is -2.37. The summed E-state index contributed by atoms with van der Waals surface area (Å²) in [6.45, 7) is 0. The molecule has 114 valence electrons. The van der Waals surface area contributed by atoms with E-state index in [2.05, 4.69) is 4.72 Å². The summed E-state index contributed by atoms with van der Waals surface area (Å²) in [4.78, 5) is -0.805. The number of hydrogen-bond donors (Lipinski definition) is 1. The Bertz CT molecular complexity index is 665. The SMILES string of the molecule is N#CC1CCCC1NS(=O)(=O)c1ccccc1C(F)(F)F. The van der Waals surface area contributed by atoms with E-state index in [1.165, 1.54) is 6.07 Å². The fourth-order valence-corrected chi connectivity index (χ4v) is 3.99. The molecule has 1 N–H and O–H groups in total. The zero-order chi connectivity index (χ0) is 15.7. The van der Waals surface area contributed by atoms with E-state index in [1.807, 2.05) is 6.07 Å². The molecule has 2 unspecified atom stereocenters. The van der Waals surface area contributed by atoms with E-state index in [0.29, 0.717) is 19.3 Å². The number of nitrogens with one attached hydrogen (secondary N) is 1. The van der Waals surface area contributed by atoms with Crippen LogP contribution < -0.4 is 4.72 Å². The van der Waals surface area contributed by atoms with Gasteiger partial charge in [0.15, 0.2) is 0 Å². The molecule has 8 heteroatoms. The average Bonchev–Trinajstić information content (AvgIpc) is 2.84. The maximum atomic E-state index is 12.9. The van der Waals surface area contributed by atoms with Gasteiger partial charge in [-0.05, 0) is 25.0 Å². The van der Waals surface area contributed by atoms with E-state index in [4.69, 9.17) is 5.26 Å². The number of benzene rings is 1. The van der Waals surface area contributed by atoms with Crippen LogP contribution >= 0.6 is 0 Å². The molecule has 4 nitrogen and oxygen atoms in total. The zero-order valence-electron chi connectivity index (χ0n) is 10.9. The Morgan fingerprint density at radius 1 is 1.24 bits per heavy atom. The molecule has 1 saturated carbocycles. The normalized spacial score (nSPS) is 23.0. The fraction of sp³-hybridized carbons (Fsp3) is 0.462. The number of nitrogens with zero attached hydrogens (tertiary/aromatic N) is 1. The van der Waals surface area contributed by atoms with Gasteiger partial charge in [0.25, 0.3) is 0 Å². The van der Waals surface area contributed by atoms with Gasteiger partial charge < -0.3 is 0 Å². The number of alkyl halides is 3. The van der Waals surface area contributed by atoms with Crippen LogP contribution in [0.3, 0.4) is 0 Å². The maximum Gasteiger partial charge on any atom is 0.417 e. The van der Waals surface area contributed by atoms with Gasteiger partial charge in [0, 0.05) is 6.04 Å². The molecule has 1 aliphatic rings. The van der Waals surface area contributed by atoms with Gasteiger partial charge in [-0.2, -0.15) is 18.4 Å². The maximum absolute atomic E-state index is 12.9. The van der Waals surface area contributed by atoms with Crippen molar-refractivity contribution in [2.24, 2.45) is 5.92 Å². The van der Waals surface area contributed by atoms with Crippen molar-refractivity contribution in [2.45, 2.75) is 36.4 Å². The highest BCUT2D eigenvalue weighted by molar-refractivity contribution is 7.89. The van der Waals surface area contributed by atoms with Crippen LogP contribution in [0.25, 0.3) is 0 Å². The lowest BCUT2D eigenvalue weighted by Gasteiger charge is -2.18. The van der Waals surface area contributed by atoms with E-state index >= 15 is 0 Å². The zero-order valence-corrected chi connectivity index (χ0v) is 11.7. The number of nitriles is 1. The topological polar surface area (TPSA) is 70.0 Å². The first-order valence-corrected chi connectivity index (χ1v) is 7.82. The van der Waals surface area contributed by atoms with Crippen molar-refractivity contribution in [3.63, 3.8) is 0 Å². The van der Waals surface area contributed by atoms with Gasteiger partial charge in [-0.3, -0.25) is 0 Å². The highest BCUT2D eigenvalue weighted by Gasteiger charge is 2.38. The van der Waals surface area contributed by atoms with Crippen LogP contribution in [0, 0.1) is 17.2 Å². The van der Waals surface area contributed by atoms with Crippen molar-refractivity contribution in [1.82, 2.24) is 4.72 Å². The monoisotopic (exact) mass is 318 g/mol. The molecule has 0 saturated heterocycles. The third-order valence-corrected chi connectivity index (χ3v) is 5.02. The van der Waals surface area contributed by atoms with Gasteiger partial charge in [0.2, 0.25) is 10.0 Å². The van der Waals surface area contributed by atoms with E-state index in [-0.39, 0.29) is 0 Å². The fourth-order valence-electron chi connectivity index (χ4n) is 2.45. The van der Waals surface area contributed by atoms with E-state index in [0.717, 1.165) is 18.2 Å². The molecule has 0 radical (unpaired) electrons. The Labute approximate surface area is 120 Å². The van der Waals surface area contributed by atoms with Crippen LogP contribution in [0.5, 0.6) is 0 Å². The van der Waals surface area contributed by atoms with E-state index in [1.54, 1.807) is 0 Å². The van der Waals surface area contributed by atoms with Crippen molar-refractivity contribution >= 4 is 10.0 Å². The molecule has 0 bridgehead atoms. The summed E-state index contributed by atoms with van der Waals surface area (Å²) in [5.74, 6) is -0.502. The second-order valence-electron chi connectivity index (χ2n) is 4.89. The minimum atomic E-state index is -4.75. The summed E-state index contributed by atoms with van der Waals surface area (Å²) < 4.78 is 65.3. The Balaban J connectivity index is 2.35. The molecule has 1 aromatic rings. The molecule has 1 aliphatic carbocycles. The summed E-state index contributed by atoms with van der Waals surface area (Å²) in [6.07, 6.45) is -3.09. The molecule has 0 heterocycles. The van der Waals surface area contributed by atoms with Gasteiger partial charge in [-0.1, -0.05) is 18.6 Å². The largest absolute Gasteiger partial charge is 0.417 e. The van der Waals surface area contributed by atoms with Gasteiger partial charge in [0.1, 0.15) is 0 Å². The summed E-state index contributed by atoms with van der Waals surface area (Å²) in [5, 5.41) is 8.92. The van der Waals surface area contributed by atoms with Crippen LogP contribution in [0.4, 0.5) is 13.2 Å². The van der Waals surface area contributed by atoms with Crippen molar-refractivity contribution < 1.29 is 21.6 Å². The molecular weight excluding hydrogens is 305 g/mol. The van der Waals surface area contributed by atoms with Gasteiger partial charge in [0.05, 0.1) is 22.4 Å². The smallest absolute Gasteiger partial charge is 0.207 e. The minimum absolute atomic E-state index is 0.450. The van der Waals surface area contributed by atoms with E-state index in [9.17, 15) is 21.6 Å².